The van der Waals surface area contributed by atoms with Crippen LogP contribution in [0, 0.1) is 126 Å². The molecule has 4 aliphatic rings. The van der Waals surface area contributed by atoms with Crippen molar-refractivity contribution in [2.75, 3.05) is 0 Å². The summed E-state index contributed by atoms with van der Waals surface area (Å²) in [6, 6.07) is 7.44. The smallest absolute Gasteiger partial charge is 0.127 e. The van der Waals surface area contributed by atoms with Crippen LogP contribution in [-0.2, 0) is 25.7 Å². The number of phenolic OH excluding ortho intramolecular Hbond substituents is 4. The molecule has 0 aliphatic carbocycles. The average molecular weight is 1670 g/mol. The van der Waals surface area contributed by atoms with E-state index < -0.39 is 0 Å². The van der Waals surface area contributed by atoms with E-state index in [0.717, 1.165) is 221 Å². The summed E-state index contributed by atoms with van der Waals surface area (Å²) in [5.74, 6) is 15.9. The molecule has 4 aromatic rings. The number of fused-ring (bicyclic) bond motifs is 4. The fourth-order valence-electron chi connectivity index (χ4n) is 20.1. The fraction of sp³-hybridized carbons (Fsp3) is 0.786. The Balaban J connectivity index is 0.000000285. The van der Waals surface area contributed by atoms with Crippen LogP contribution in [0.2, 0.25) is 0 Å². The summed E-state index contributed by atoms with van der Waals surface area (Å²) < 4.78 is 26.1. The summed E-state index contributed by atoms with van der Waals surface area (Å²) in [7, 11) is 0. The molecule has 0 spiro atoms. The summed E-state index contributed by atoms with van der Waals surface area (Å²) in [6.45, 7) is 63.5. The highest BCUT2D eigenvalue weighted by molar-refractivity contribution is 5.59. The highest BCUT2D eigenvalue weighted by Gasteiger charge is 2.38. The van der Waals surface area contributed by atoms with Crippen molar-refractivity contribution in [3.8, 4) is 46.0 Å². The molecule has 0 fully saturated rings. The van der Waals surface area contributed by atoms with Crippen LogP contribution < -0.4 is 18.9 Å². The van der Waals surface area contributed by atoms with Gasteiger partial charge in [-0.05, 0) is 337 Å². The first-order chi connectivity index (χ1) is 56.4. The Morgan fingerprint density at radius 2 is 0.517 bits per heavy atom. The number of hydrogen-bond donors (Lipinski definition) is 4. The number of rotatable bonds is 48. The molecule has 688 valence electrons. The number of aryl methyl sites for hydroxylation is 4. The van der Waals surface area contributed by atoms with Crippen molar-refractivity contribution in [1.82, 2.24) is 0 Å². The molecule has 4 heterocycles. The van der Waals surface area contributed by atoms with Gasteiger partial charge in [0.1, 0.15) is 68.4 Å². The second kappa shape index (κ2) is 52.4. The van der Waals surface area contributed by atoms with Crippen LogP contribution in [-0.4, -0.2) is 42.8 Å². The molecule has 4 N–H and O–H groups in total. The molecular weight excluding hydrogens is 1470 g/mol. The van der Waals surface area contributed by atoms with Gasteiger partial charge in [0.05, 0.1) is 0 Å². The second-order valence-electron chi connectivity index (χ2n) is 44.2. The van der Waals surface area contributed by atoms with Crippen molar-refractivity contribution in [3.05, 3.63) is 91.0 Å². The number of phenols is 4. The standard InChI is InChI=1S/C29H50O2.2C28H48O2.C27H46O2/c1-20(2)12-9-13-21(3)14-10-15-22(4)16-11-18-29(8)19-17-26-25(7)27(30)23(5)24(6)28(26)31-29;1-20(2)11-8-12-21(3)13-9-14-22(4)15-10-17-28(7)18-16-25-19-26(29)23(5)24(6)27(25)30-28;1-20(2)11-8-12-21(3)13-9-14-22(4)15-10-17-28(7)18-16-25-24(6)26(29)19-23(5)27(25)30-28;1-20(2)10-7-11-21(3)12-8-13-22(4)14-9-16-27(6)17-15-24-19-25(28)18-23(5)26(24)29-27/h20-22,30H,9-19H2,1-8H3;2*19-22,29H,8-18H2,1-7H3;18-22,28H,7-17H2,1-6H3. The summed E-state index contributed by atoms with van der Waals surface area (Å²) in [6.07, 6.45) is 56.2. The Kier molecular flexibility index (Phi) is 46.2. The van der Waals surface area contributed by atoms with E-state index >= 15 is 0 Å². The molecule has 0 bridgehead atoms. The van der Waals surface area contributed by atoms with Gasteiger partial charge in [0, 0.05) is 11.1 Å². The first kappa shape index (κ1) is 106. The third-order valence-electron chi connectivity index (χ3n) is 29.5. The molecule has 12 atom stereocenters. The Morgan fingerprint density at radius 3 is 0.858 bits per heavy atom. The Bertz CT molecular complexity index is 3530. The molecule has 0 radical (unpaired) electrons. The van der Waals surface area contributed by atoms with Gasteiger partial charge < -0.3 is 39.4 Å². The first-order valence-electron chi connectivity index (χ1n) is 50.5. The highest BCUT2D eigenvalue weighted by atomic mass is 16.5. The van der Waals surface area contributed by atoms with Crippen LogP contribution in [0.25, 0.3) is 0 Å². The summed E-state index contributed by atoms with van der Waals surface area (Å²) in [5.41, 5.74) is 12.8. The largest absolute Gasteiger partial charge is 0.508 e. The number of aromatic hydroxyl groups is 4. The summed E-state index contributed by atoms with van der Waals surface area (Å²) >= 11 is 0. The predicted octanol–water partition coefficient (Wildman–Crippen LogP) is 34.1. The molecule has 120 heavy (non-hydrogen) atoms. The molecule has 4 aliphatic heterocycles. The van der Waals surface area contributed by atoms with Gasteiger partial charge in [0.15, 0.2) is 0 Å². The van der Waals surface area contributed by atoms with Gasteiger partial charge in [-0.3, -0.25) is 0 Å². The van der Waals surface area contributed by atoms with Gasteiger partial charge in [-0.1, -0.05) is 291 Å². The number of ether oxygens (including phenoxy) is 4. The first-order valence-corrected chi connectivity index (χ1v) is 50.5. The van der Waals surface area contributed by atoms with Crippen molar-refractivity contribution in [1.29, 1.82) is 0 Å². The maximum absolute atomic E-state index is 10.4. The van der Waals surface area contributed by atoms with Gasteiger partial charge in [-0.25, -0.2) is 0 Å². The molecule has 12 unspecified atom stereocenters. The normalized spacial score (nSPS) is 20.7. The van der Waals surface area contributed by atoms with Crippen LogP contribution >= 0.6 is 0 Å². The number of hydrogen-bond acceptors (Lipinski definition) is 8. The summed E-state index contributed by atoms with van der Waals surface area (Å²) in [4.78, 5) is 0. The summed E-state index contributed by atoms with van der Waals surface area (Å²) in [5, 5.41) is 40.4. The molecule has 0 saturated carbocycles. The van der Waals surface area contributed by atoms with Gasteiger partial charge >= 0.3 is 0 Å². The topological polar surface area (TPSA) is 118 Å². The van der Waals surface area contributed by atoms with E-state index in [-0.39, 0.29) is 22.4 Å². The van der Waals surface area contributed by atoms with Crippen LogP contribution in [0.1, 0.15) is 462 Å². The third kappa shape index (κ3) is 37.4. The molecule has 8 nitrogen and oxygen atoms in total. The zero-order chi connectivity index (χ0) is 89.2. The Morgan fingerprint density at radius 1 is 0.258 bits per heavy atom. The SMILES string of the molecule is Cc1c(C)c2c(c(C)c1O)CCC(C)(CCCC(C)CCCC(C)CCCC(C)C)O2.Cc1c(O)cc2c(c1C)OC(C)(CCCC(C)CCCC(C)CCCC(C)C)CC2.Cc1cc(O)c(C)c2c1OC(C)(CCCC(C)CCCC(C)CCCC(C)C)CC2.Cc1cc(O)cc2c1OC(C)(CCCC(C)CCCC(C)CCCC(C)C)CC2. The number of benzene rings is 4. The van der Waals surface area contributed by atoms with Crippen LogP contribution in [0.15, 0.2) is 24.3 Å². The van der Waals surface area contributed by atoms with Crippen molar-refractivity contribution >= 4 is 0 Å². The average Bonchev–Trinajstić information content (AvgIpc) is 0.832. The third-order valence-corrected chi connectivity index (χ3v) is 29.5. The van der Waals surface area contributed by atoms with E-state index in [9.17, 15) is 20.4 Å². The lowest BCUT2D eigenvalue weighted by atomic mass is 9.84. The fourth-order valence-corrected chi connectivity index (χ4v) is 20.1. The van der Waals surface area contributed by atoms with Gasteiger partial charge in [-0.15, -0.1) is 0 Å². The lowest BCUT2D eigenvalue weighted by Gasteiger charge is -2.38. The zero-order valence-corrected chi connectivity index (χ0v) is 83.8. The lowest BCUT2D eigenvalue weighted by Crippen LogP contribution is -2.37. The highest BCUT2D eigenvalue weighted by Crippen LogP contribution is 2.48. The maximum Gasteiger partial charge on any atom is 0.127 e. The molecule has 8 rings (SSSR count). The van der Waals surface area contributed by atoms with Gasteiger partial charge in [0.2, 0.25) is 0 Å². The van der Waals surface area contributed by atoms with Crippen molar-refractivity contribution in [3.63, 3.8) is 0 Å². The van der Waals surface area contributed by atoms with E-state index in [1.54, 1.807) is 0 Å². The molecule has 0 aromatic heterocycles. The van der Waals surface area contributed by atoms with Gasteiger partial charge in [0.25, 0.3) is 0 Å². The quantitative estimate of drug-likeness (QED) is 0.0345. The molecule has 4 aromatic carbocycles. The van der Waals surface area contributed by atoms with E-state index in [2.05, 4.69) is 159 Å². The monoisotopic (exact) mass is 1670 g/mol. The van der Waals surface area contributed by atoms with Crippen molar-refractivity contribution in [2.45, 2.75) is 499 Å². The van der Waals surface area contributed by atoms with E-state index in [0.29, 0.717) is 23.0 Å². The van der Waals surface area contributed by atoms with E-state index in [4.69, 9.17) is 18.9 Å². The lowest BCUT2D eigenvalue weighted by molar-refractivity contribution is 0.0509. The van der Waals surface area contributed by atoms with Gasteiger partial charge in [-0.2, -0.15) is 0 Å². The van der Waals surface area contributed by atoms with Crippen LogP contribution in [0.4, 0.5) is 0 Å². The molecule has 0 saturated heterocycles. The second-order valence-corrected chi connectivity index (χ2v) is 44.2. The zero-order valence-electron chi connectivity index (χ0n) is 83.8. The molecule has 0 amide bonds. The minimum absolute atomic E-state index is 0.0562. The van der Waals surface area contributed by atoms with E-state index in [1.807, 2.05) is 58.9 Å². The minimum atomic E-state index is -0.0712. The van der Waals surface area contributed by atoms with Crippen LogP contribution in [0.3, 0.4) is 0 Å². The molecule has 8 heteroatoms. The van der Waals surface area contributed by atoms with Crippen molar-refractivity contribution in [2.24, 2.45) is 71.0 Å². The maximum atomic E-state index is 10.4. The molecular formula is C112H192O8. The van der Waals surface area contributed by atoms with E-state index in [1.165, 1.54) is 222 Å². The predicted molar refractivity (Wildman–Crippen MR) is 519 cm³/mol. The Labute approximate surface area is 741 Å². The van der Waals surface area contributed by atoms with Crippen molar-refractivity contribution < 1.29 is 39.4 Å². The minimum Gasteiger partial charge on any atom is -0.508 e. The van der Waals surface area contributed by atoms with Crippen LogP contribution in [0.5, 0.6) is 46.0 Å². The Hall–Kier alpha value is -4.72.